The molecule has 1 unspecified atom stereocenters. The third kappa shape index (κ3) is 3.06. The lowest BCUT2D eigenvalue weighted by Crippen LogP contribution is -2.51. The summed E-state index contributed by atoms with van der Waals surface area (Å²) in [5, 5.41) is 5.61. The van der Waals surface area contributed by atoms with E-state index in [2.05, 4.69) is 29.6 Å². The van der Waals surface area contributed by atoms with Crippen molar-refractivity contribution in [2.24, 2.45) is 0 Å². The van der Waals surface area contributed by atoms with Crippen molar-refractivity contribution in [2.45, 2.75) is 12.6 Å². The van der Waals surface area contributed by atoms with Gasteiger partial charge in [0.25, 0.3) is 0 Å². The molecule has 0 saturated carbocycles. The van der Waals surface area contributed by atoms with Gasteiger partial charge >= 0.3 is 0 Å². The van der Waals surface area contributed by atoms with E-state index in [1.165, 1.54) is 16.3 Å². The Labute approximate surface area is 124 Å². The molecule has 3 rings (SSSR count). The first kappa shape index (κ1) is 14.0. The average Bonchev–Trinajstić information content (AvgIpc) is 2.55. The fraction of sp³-hybridized carbons (Fsp3) is 0.353. The summed E-state index contributed by atoms with van der Waals surface area (Å²) in [6.45, 7) is 2.48. The third-order valence-corrected chi connectivity index (χ3v) is 3.88. The smallest absolute Gasteiger partial charge is 0.242 e. The van der Waals surface area contributed by atoms with Crippen LogP contribution in [0.25, 0.3) is 10.8 Å². The summed E-state index contributed by atoms with van der Waals surface area (Å²) in [5.41, 5.74) is 1.17. The molecular formula is C17H20N2O2. The minimum absolute atomic E-state index is 0.0858. The van der Waals surface area contributed by atoms with Crippen LogP contribution in [0.5, 0.6) is 0 Å². The lowest BCUT2D eigenvalue weighted by Gasteiger charge is -2.27. The van der Waals surface area contributed by atoms with Gasteiger partial charge in [-0.1, -0.05) is 42.5 Å². The highest BCUT2D eigenvalue weighted by Crippen LogP contribution is 2.19. The number of benzene rings is 2. The predicted molar refractivity (Wildman–Crippen MR) is 83.0 cm³/mol. The molecule has 1 aliphatic heterocycles. The zero-order chi connectivity index (χ0) is 14.7. The first-order valence-corrected chi connectivity index (χ1v) is 7.28. The van der Waals surface area contributed by atoms with Crippen LogP contribution in [0.15, 0.2) is 42.5 Å². The van der Waals surface area contributed by atoms with Crippen molar-refractivity contribution >= 4 is 16.7 Å². The minimum Gasteiger partial charge on any atom is -0.378 e. The molecule has 1 saturated heterocycles. The highest BCUT2D eigenvalue weighted by atomic mass is 16.5. The van der Waals surface area contributed by atoms with Crippen LogP contribution in [-0.4, -0.2) is 43.7 Å². The normalized spacial score (nSPS) is 18.6. The van der Waals surface area contributed by atoms with Crippen LogP contribution in [0.2, 0.25) is 0 Å². The molecule has 21 heavy (non-hydrogen) atoms. The number of carbonyl (C=O) groups excluding carboxylic acids is 1. The van der Waals surface area contributed by atoms with Gasteiger partial charge < -0.3 is 15.0 Å². The van der Waals surface area contributed by atoms with Crippen molar-refractivity contribution < 1.29 is 9.53 Å². The number of carbonyl (C=O) groups is 1. The molecule has 1 heterocycles. The van der Waals surface area contributed by atoms with Crippen molar-refractivity contribution in [1.82, 2.24) is 10.2 Å². The Hall–Kier alpha value is -1.91. The van der Waals surface area contributed by atoms with Crippen molar-refractivity contribution in [2.75, 3.05) is 26.8 Å². The predicted octanol–water partition coefficient (Wildman–Crippen LogP) is 1.79. The Balaban J connectivity index is 1.76. The number of amides is 1. The molecule has 1 fully saturated rings. The molecule has 110 valence electrons. The summed E-state index contributed by atoms with van der Waals surface area (Å²) in [7, 11) is 1.85. The van der Waals surface area contributed by atoms with Gasteiger partial charge in [0.1, 0.15) is 6.04 Å². The maximum Gasteiger partial charge on any atom is 0.242 e. The van der Waals surface area contributed by atoms with Crippen molar-refractivity contribution in [3.63, 3.8) is 0 Å². The number of hydrogen-bond donors (Lipinski definition) is 1. The molecule has 4 heteroatoms. The molecule has 1 amide bonds. The van der Waals surface area contributed by atoms with Crippen LogP contribution in [-0.2, 0) is 16.1 Å². The van der Waals surface area contributed by atoms with Crippen LogP contribution in [0.3, 0.4) is 0 Å². The quantitative estimate of drug-likeness (QED) is 0.934. The van der Waals surface area contributed by atoms with Gasteiger partial charge in [-0.05, 0) is 16.3 Å². The van der Waals surface area contributed by atoms with Crippen LogP contribution >= 0.6 is 0 Å². The number of fused-ring (bicyclic) bond motifs is 1. The average molecular weight is 284 g/mol. The summed E-state index contributed by atoms with van der Waals surface area (Å²) < 4.78 is 5.36. The van der Waals surface area contributed by atoms with Crippen LogP contribution in [0, 0.1) is 0 Å². The first-order valence-electron chi connectivity index (χ1n) is 7.28. The third-order valence-electron chi connectivity index (χ3n) is 3.88. The fourth-order valence-corrected chi connectivity index (χ4v) is 2.75. The Morgan fingerprint density at radius 1 is 1.29 bits per heavy atom. The zero-order valence-electron chi connectivity index (χ0n) is 12.2. The largest absolute Gasteiger partial charge is 0.378 e. The maximum absolute atomic E-state index is 12.4. The second-order valence-corrected chi connectivity index (χ2v) is 5.41. The second kappa shape index (κ2) is 6.24. The van der Waals surface area contributed by atoms with Gasteiger partial charge in [0.05, 0.1) is 13.2 Å². The van der Waals surface area contributed by atoms with Crippen LogP contribution in [0.1, 0.15) is 5.56 Å². The zero-order valence-corrected chi connectivity index (χ0v) is 12.2. The molecule has 0 aromatic heterocycles. The molecule has 4 nitrogen and oxygen atoms in total. The van der Waals surface area contributed by atoms with E-state index in [1.807, 2.05) is 25.2 Å². The molecular weight excluding hydrogens is 264 g/mol. The number of likely N-dealkylation sites (N-methyl/N-ethyl adjacent to an activating group) is 1. The molecule has 2 aromatic rings. The molecule has 0 radical (unpaired) electrons. The fourth-order valence-electron chi connectivity index (χ4n) is 2.75. The molecule has 0 bridgehead atoms. The standard InChI is InChI=1S/C17H20N2O2/c1-19(17(20)16-12-21-10-9-18-16)11-14-7-4-6-13-5-2-3-8-15(13)14/h2-8,16,18H,9-12H2,1H3. The van der Waals surface area contributed by atoms with E-state index in [9.17, 15) is 4.79 Å². The van der Waals surface area contributed by atoms with E-state index < -0.39 is 0 Å². The van der Waals surface area contributed by atoms with Gasteiger partial charge in [-0.2, -0.15) is 0 Å². The van der Waals surface area contributed by atoms with E-state index in [0.29, 0.717) is 19.8 Å². The summed E-state index contributed by atoms with van der Waals surface area (Å²) in [4.78, 5) is 14.2. The lowest BCUT2D eigenvalue weighted by molar-refractivity contribution is -0.135. The Morgan fingerprint density at radius 2 is 2.10 bits per heavy atom. The van der Waals surface area contributed by atoms with Gasteiger partial charge in [0.15, 0.2) is 0 Å². The SMILES string of the molecule is CN(Cc1cccc2ccccc12)C(=O)C1COCCN1. The topological polar surface area (TPSA) is 41.6 Å². The number of nitrogens with one attached hydrogen (secondary N) is 1. The van der Waals surface area contributed by atoms with Crippen molar-refractivity contribution in [3.05, 3.63) is 48.0 Å². The molecule has 1 aliphatic rings. The van der Waals surface area contributed by atoms with Crippen molar-refractivity contribution in [1.29, 1.82) is 0 Å². The molecule has 0 spiro atoms. The highest BCUT2D eigenvalue weighted by Gasteiger charge is 2.24. The van der Waals surface area contributed by atoms with Gasteiger partial charge in [-0.25, -0.2) is 0 Å². The Morgan fingerprint density at radius 3 is 2.90 bits per heavy atom. The summed E-state index contributed by atoms with van der Waals surface area (Å²) in [5.74, 6) is 0.0858. The Bertz CT molecular complexity index is 630. The molecule has 0 aliphatic carbocycles. The molecule has 1 N–H and O–H groups in total. The van der Waals surface area contributed by atoms with Gasteiger partial charge in [-0.3, -0.25) is 4.79 Å². The lowest BCUT2D eigenvalue weighted by atomic mass is 10.0. The van der Waals surface area contributed by atoms with E-state index in [4.69, 9.17) is 4.74 Å². The van der Waals surface area contributed by atoms with E-state index in [-0.39, 0.29) is 11.9 Å². The van der Waals surface area contributed by atoms with Gasteiger partial charge in [-0.15, -0.1) is 0 Å². The number of morpholine rings is 1. The van der Waals surface area contributed by atoms with Crippen molar-refractivity contribution in [3.8, 4) is 0 Å². The van der Waals surface area contributed by atoms with E-state index in [1.54, 1.807) is 4.90 Å². The summed E-state index contributed by atoms with van der Waals surface area (Å²) in [6, 6.07) is 14.3. The van der Waals surface area contributed by atoms with E-state index >= 15 is 0 Å². The number of hydrogen-bond acceptors (Lipinski definition) is 3. The number of rotatable bonds is 3. The summed E-state index contributed by atoms with van der Waals surface area (Å²) >= 11 is 0. The van der Waals surface area contributed by atoms with E-state index in [0.717, 1.165) is 6.54 Å². The number of ether oxygens (including phenoxy) is 1. The monoisotopic (exact) mass is 284 g/mol. The second-order valence-electron chi connectivity index (χ2n) is 5.41. The number of nitrogens with zero attached hydrogens (tertiary/aromatic N) is 1. The van der Waals surface area contributed by atoms with Gasteiger partial charge in [0, 0.05) is 20.1 Å². The molecule has 1 atom stereocenters. The highest BCUT2D eigenvalue weighted by molar-refractivity contribution is 5.87. The molecule has 2 aromatic carbocycles. The van der Waals surface area contributed by atoms with Crippen LogP contribution in [0.4, 0.5) is 0 Å². The summed E-state index contributed by atoms with van der Waals surface area (Å²) in [6.07, 6.45) is 0. The minimum atomic E-state index is -0.223. The Kier molecular flexibility index (Phi) is 4.18. The first-order chi connectivity index (χ1) is 10.3. The maximum atomic E-state index is 12.4. The van der Waals surface area contributed by atoms with Crippen LogP contribution < -0.4 is 5.32 Å². The van der Waals surface area contributed by atoms with Gasteiger partial charge in [0.2, 0.25) is 5.91 Å².